The zero-order chi connectivity index (χ0) is 19.7. The summed E-state index contributed by atoms with van der Waals surface area (Å²) in [6.45, 7) is 0.520. The largest absolute Gasteiger partial charge is 0.496 e. The molecule has 1 aliphatic carbocycles. The summed E-state index contributed by atoms with van der Waals surface area (Å²) in [7, 11) is -2.00. The number of carbonyl (C=O) groups excluding carboxylic acids is 1. The second-order valence-corrected chi connectivity index (χ2v) is 9.01. The van der Waals surface area contributed by atoms with Crippen molar-refractivity contribution < 1.29 is 17.9 Å². The molecule has 148 valence electrons. The summed E-state index contributed by atoms with van der Waals surface area (Å²) in [6.07, 6.45) is 4.55. The Balaban J connectivity index is 1.59. The summed E-state index contributed by atoms with van der Waals surface area (Å²) in [5.41, 5.74) is 2.13. The van der Waals surface area contributed by atoms with E-state index in [-0.39, 0.29) is 16.8 Å². The van der Waals surface area contributed by atoms with E-state index in [1.807, 2.05) is 6.07 Å². The molecule has 1 fully saturated rings. The van der Waals surface area contributed by atoms with Gasteiger partial charge in [0.15, 0.2) is 0 Å². The Morgan fingerprint density at radius 3 is 2.64 bits per heavy atom. The highest BCUT2D eigenvalue weighted by molar-refractivity contribution is 7.89. The lowest BCUT2D eigenvalue weighted by Gasteiger charge is -2.19. The highest BCUT2D eigenvalue weighted by atomic mass is 32.2. The number of benzene rings is 2. The lowest BCUT2D eigenvalue weighted by atomic mass is 10.1. The van der Waals surface area contributed by atoms with Crippen LogP contribution in [-0.4, -0.2) is 34.0 Å². The third kappa shape index (κ3) is 3.52. The quantitative estimate of drug-likeness (QED) is 0.837. The van der Waals surface area contributed by atoms with E-state index in [9.17, 15) is 13.2 Å². The summed E-state index contributed by atoms with van der Waals surface area (Å²) < 4.78 is 33.5. The van der Waals surface area contributed by atoms with Crippen molar-refractivity contribution in [1.82, 2.24) is 4.72 Å². The zero-order valence-electron chi connectivity index (χ0n) is 15.8. The number of amides is 1. The average Bonchev–Trinajstić information content (AvgIpc) is 3.36. The highest BCUT2D eigenvalue weighted by Gasteiger charge is 2.29. The number of ether oxygens (including phenoxy) is 1. The van der Waals surface area contributed by atoms with Crippen molar-refractivity contribution in [2.75, 3.05) is 18.6 Å². The van der Waals surface area contributed by atoms with Gasteiger partial charge < -0.3 is 9.64 Å². The Kier molecular flexibility index (Phi) is 5.12. The zero-order valence-corrected chi connectivity index (χ0v) is 16.7. The molecule has 0 spiro atoms. The number of rotatable bonds is 5. The molecule has 0 atom stereocenters. The molecule has 2 aromatic rings. The fraction of sp³-hybridized carbons (Fsp3) is 0.381. The first kappa shape index (κ1) is 19.0. The lowest BCUT2D eigenvalue weighted by molar-refractivity contribution is 0.0986. The average molecular weight is 401 g/mol. The highest BCUT2D eigenvalue weighted by Crippen LogP contribution is 2.33. The summed E-state index contributed by atoms with van der Waals surface area (Å²) in [6, 6.07) is 12.2. The van der Waals surface area contributed by atoms with Gasteiger partial charge in [0, 0.05) is 18.3 Å². The van der Waals surface area contributed by atoms with Gasteiger partial charge in [-0.2, -0.15) is 0 Å². The van der Waals surface area contributed by atoms with E-state index in [1.165, 1.54) is 0 Å². The normalized spacial score (nSPS) is 17.0. The molecule has 1 amide bonds. The minimum Gasteiger partial charge on any atom is -0.496 e. The van der Waals surface area contributed by atoms with Crippen molar-refractivity contribution in [2.45, 2.75) is 43.0 Å². The summed E-state index contributed by atoms with van der Waals surface area (Å²) in [4.78, 5) is 15.0. The monoisotopic (exact) mass is 400 g/mol. The van der Waals surface area contributed by atoms with Gasteiger partial charge in [0.05, 0.1) is 17.6 Å². The summed E-state index contributed by atoms with van der Waals surface area (Å²) in [5, 5.41) is 0. The topological polar surface area (TPSA) is 75.7 Å². The minimum atomic E-state index is -3.54. The van der Waals surface area contributed by atoms with Crippen molar-refractivity contribution >= 4 is 21.6 Å². The van der Waals surface area contributed by atoms with Gasteiger partial charge in [0.2, 0.25) is 10.0 Å². The predicted molar refractivity (Wildman–Crippen MR) is 107 cm³/mol. The van der Waals surface area contributed by atoms with E-state index in [1.54, 1.807) is 48.4 Å². The van der Waals surface area contributed by atoms with Crippen LogP contribution >= 0.6 is 0 Å². The third-order valence-corrected chi connectivity index (χ3v) is 7.03. The number of para-hydroxylation sites is 1. The van der Waals surface area contributed by atoms with Gasteiger partial charge in [-0.1, -0.05) is 25.0 Å². The molecule has 1 saturated carbocycles. The molecule has 7 heteroatoms. The molecule has 0 saturated heterocycles. The van der Waals surface area contributed by atoms with E-state index in [0.717, 1.165) is 36.9 Å². The Morgan fingerprint density at radius 1 is 1.14 bits per heavy atom. The number of hydrogen-bond acceptors (Lipinski definition) is 4. The Morgan fingerprint density at radius 2 is 1.89 bits per heavy atom. The first-order chi connectivity index (χ1) is 13.5. The van der Waals surface area contributed by atoms with Crippen LogP contribution in [0, 0.1) is 0 Å². The van der Waals surface area contributed by atoms with E-state index in [2.05, 4.69) is 4.72 Å². The Hall–Kier alpha value is -2.38. The first-order valence-electron chi connectivity index (χ1n) is 9.60. The van der Waals surface area contributed by atoms with Gasteiger partial charge in [-0.05, 0) is 55.2 Å². The molecule has 1 heterocycles. The second kappa shape index (κ2) is 7.56. The van der Waals surface area contributed by atoms with Crippen LogP contribution in [0.5, 0.6) is 5.75 Å². The second-order valence-electron chi connectivity index (χ2n) is 7.30. The van der Waals surface area contributed by atoms with Gasteiger partial charge in [0.25, 0.3) is 5.91 Å². The Labute approximate surface area is 165 Å². The number of nitrogens with one attached hydrogen (secondary N) is 1. The van der Waals surface area contributed by atoms with Crippen molar-refractivity contribution in [2.24, 2.45) is 0 Å². The number of nitrogens with zero attached hydrogens (tertiary/aromatic N) is 1. The van der Waals surface area contributed by atoms with Crippen LogP contribution in [0.3, 0.4) is 0 Å². The van der Waals surface area contributed by atoms with E-state index in [4.69, 9.17) is 4.74 Å². The molecular weight excluding hydrogens is 376 g/mol. The maximum absolute atomic E-state index is 13.0. The van der Waals surface area contributed by atoms with Crippen LogP contribution in [0.15, 0.2) is 47.4 Å². The molecule has 4 rings (SSSR count). The van der Waals surface area contributed by atoms with Gasteiger partial charge in [-0.25, -0.2) is 13.1 Å². The molecule has 0 aromatic heterocycles. The van der Waals surface area contributed by atoms with Crippen molar-refractivity contribution in [3.05, 3.63) is 53.6 Å². The molecular formula is C21H24N2O4S. The Bertz CT molecular complexity index is 997. The number of methoxy groups -OCH3 is 1. The number of anilines is 1. The van der Waals surface area contributed by atoms with Crippen LogP contribution in [-0.2, 0) is 16.4 Å². The fourth-order valence-electron chi connectivity index (χ4n) is 4.05. The van der Waals surface area contributed by atoms with E-state index >= 15 is 0 Å². The predicted octanol–water partition coefficient (Wildman–Crippen LogP) is 3.12. The van der Waals surface area contributed by atoms with Crippen molar-refractivity contribution in [3.63, 3.8) is 0 Å². The lowest BCUT2D eigenvalue weighted by Crippen LogP contribution is -2.32. The minimum absolute atomic E-state index is 0.0295. The number of hydrogen-bond donors (Lipinski definition) is 1. The molecule has 6 nitrogen and oxygen atoms in total. The molecule has 28 heavy (non-hydrogen) atoms. The van der Waals surface area contributed by atoms with Crippen molar-refractivity contribution in [3.8, 4) is 5.75 Å². The van der Waals surface area contributed by atoms with E-state index < -0.39 is 10.0 Å². The van der Waals surface area contributed by atoms with E-state index in [0.29, 0.717) is 24.3 Å². The number of fused-ring (bicyclic) bond motifs is 1. The maximum Gasteiger partial charge on any atom is 0.262 e. The molecule has 0 unspecified atom stereocenters. The molecule has 2 aliphatic rings. The van der Waals surface area contributed by atoms with Gasteiger partial charge in [-0.15, -0.1) is 0 Å². The molecule has 0 bridgehead atoms. The maximum atomic E-state index is 13.0. The van der Waals surface area contributed by atoms with Crippen LogP contribution in [0.1, 0.15) is 41.6 Å². The van der Waals surface area contributed by atoms with Crippen LogP contribution in [0.4, 0.5) is 5.69 Å². The van der Waals surface area contributed by atoms with Crippen LogP contribution in [0.25, 0.3) is 0 Å². The number of sulfonamides is 1. The SMILES string of the molecule is COc1ccccc1C(=O)N1CCc2cc(S(=O)(=O)NC3CCCC3)ccc21. The third-order valence-electron chi connectivity index (χ3n) is 5.52. The smallest absolute Gasteiger partial charge is 0.262 e. The van der Waals surface area contributed by atoms with Gasteiger partial charge in [-0.3, -0.25) is 4.79 Å². The molecule has 1 aliphatic heterocycles. The fourth-order valence-corrected chi connectivity index (χ4v) is 5.41. The summed E-state index contributed by atoms with van der Waals surface area (Å²) >= 11 is 0. The van der Waals surface area contributed by atoms with Gasteiger partial charge >= 0.3 is 0 Å². The molecule has 0 radical (unpaired) electrons. The van der Waals surface area contributed by atoms with Crippen LogP contribution in [0.2, 0.25) is 0 Å². The van der Waals surface area contributed by atoms with Crippen molar-refractivity contribution in [1.29, 1.82) is 0 Å². The number of carbonyl (C=O) groups is 1. The summed E-state index contributed by atoms with van der Waals surface area (Å²) in [5.74, 6) is 0.386. The van der Waals surface area contributed by atoms with Gasteiger partial charge in [0.1, 0.15) is 5.75 Å². The van der Waals surface area contributed by atoms with Crippen LogP contribution < -0.4 is 14.4 Å². The first-order valence-corrected chi connectivity index (χ1v) is 11.1. The molecule has 2 aromatic carbocycles. The molecule has 1 N–H and O–H groups in total. The standard InChI is InChI=1S/C21H24N2O4S/c1-27-20-9-5-4-8-18(20)21(24)23-13-12-15-14-17(10-11-19(15)23)28(25,26)22-16-6-2-3-7-16/h4-5,8-11,14,16,22H,2-3,6-7,12-13H2,1H3.